The fraction of sp³-hybridized carbons (Fsp3) is 0.923. The first-order valence-corrected chi connectivity index (χ1v) is 7.03. The van der Waals surface area contributed by atoms with Crippen LogP contribution < -0.4 is 10.6 Å². The third-order valence-corrected chi connectivity index (χ3v) is 3.88. The Labute approximate surface area is 104 Å². The zero-order valence-corrected chi connectivity index (χ0v) is 10.9. The predicted octanol–water partition coefficient (Wildman–Crippen LogP) is 0.729. The highest BCUT2D eigenvalue weighted by atomic mass is 16.1. The minimum Gasteiger partial charge on any atom is -0.352 e. The number of hydrogen-bond donors (Lipinski definition) is 2. The van der Waals surface area contributed by atoms with Gasteiger partial charge in [-0.1, -0.05) is 6.92 Å². The first kappa shape index (κ1) is 12.8. The molecule has 0 aliphatic carbocycles. The van der Waals surface area contributed by atoms with Gasteiger partial charge in [0, 0.05) is 25.0 Å². The van der Waals surface area contributed by atoms with Gasteiger partial charge in [0.1, 0.15) is 0 Å². The van der Waals surface area contributed by atoms with E-state index in [1.165, 1.54) is 19.3 Å². The number of amides is 1. The zero-order chi connectivity index (χ0) is 12.1. The molecule has 0 aromatic heterocycles. The van der Waals surface area contributed by atoms with Gasteiger partial charge in [0.05, 0.1) is 0 Å². The number of hydrogen-bond acceptors (Lipinski definition) is 3. The molecule has 2 fully saturated rings. The molecule has 0 bridgehead atoms. The molecule has 2 aliphatic rings. The topological polar surface area (TPSA) is 44.4 Å². The van der Waals surface area contributed by atoms with E-state index in [9.17, 15) is 4.79 Å². The van der Waals surface area contributed by atoms with Crippen LogP contribution in [0.2, 0.25) is 0 Å². The highest BCUT2D eigenvalue weighted by Gasteiger charge is 2.26. The van der Waals surface area contributed by atoms with E-state index in [1.54, 1.807) is 0 Å². The SMILES string of the molecule is CCCN(CC1CCC(=O)N1)C1CCNCC1. The van der Waals surface area contributed by atoms with Gasteiger partial charge in [0.25, 0.3) is 0 Å². The van der Waals surface area contributed by atoms with Crippen LogP contribution >= 0.6 is 0 Å². The highest BCUT2D eigenvalue weighted by Crippen LogP contribution is 2.16. The first-order chi connectivity index (χ1) is 8.29. The van der Waals surface area contributed by atoms with Gasteiger partial charge in [0.15, 0.2) is 0 Å². The first-order valence-electron chi connectivity index (χ1n) is 7.03. The van der Waals surface area contributed by atoms with Gasteiger partial charge < -0.3 is 10.6 Å². The number of piperidine rings is 1. The van der Waals surface area contributed by atoms with Crippen molar-refractivity contribution in [1.29, 1.82) is 0 Å². The average Bonchev–Trinajstić information content (AvgIpc) is 2.75. The van der Waals surface area contributed by atoms with Crippen molar-refractivity contribution in [2.75, 3.05) is 26.2 Å². The normalized spacial score (nSPS) is 26.5. The van der Waals surface area contributed by atoms with Crippen molar-refractivity contribution in [1.82, 2.24) is 15.5 Å². The van der Waals surface area contributed by atoms with Crippen LogP contribution in [0.3, 0.4) is 0 Å². The van der Waals surface area contributed by atoms with E-state index < -0.39 is 0 Å². The Kier molecular flexibility index (Phi) is 4.80. The summed E-state index contributed by atoms with van der Waals surface area (Å²) in [5.74, 6) is 0.233. The van der Waals surface area contributed by atoms with E-state index >= 15 is 0 Å². The molecule has 0 aromatic rings. The quantitative estimate of drug-likeness (QED) is 0.743. The number of nitrogens with zero attached hydrogens (tertiary/aromatic N) is 1. The number of nitrogens with one attached hydrogen (secondary N) is 2. The summed E-state index contributed by atoms with van der Waals surface area (Å²) in [6, 6.07) is 1.11. The van der Waals surface area contributed by atoms with E-state index in [0.717, 1.165) is 39.0 Å². The van der Waals surface area contributed by atoms with E-state index in [1.807, 2.05) is 0 Å². The lowest BCUT2D eigenvalue weighted by Gasteiger charge is -2.36. The second kappa shape index (κ2) is 6.36. The third-order valence-electron chi connectivity index (χ3n) is 3.88. The maximum atomic E-state index is 11.2. The molecule has 1 unspecified atom stereocenters. The Morgan fingerprint density at radius 2 is 2.06 bits per heavy atom. The summed E-state index contributed by atoms with van der Waals surface area (Å²) >= 11 is 0. The van der Waals surface area contributed by atoms with E-state index in [-0.39, 0.29) is 5.91 Å². The molecule has 0 aromatic carbocycles. The van der Waals surface area contributed by atoms with Crippen LogP contribution in [-0.2, 0) is 4.79 Å². The summed E-state index contributed by atoms with van der Waals surface area (Å²) in [5.41, 5.74) is 0. The van der Waals surface area contributed by atoms with Gasteiger partial charge in [-0.25, -0.2) is 0 Å². The van der Waals surface area contributed by atoms with Gasteiger partial charge >= 0.3 is 0 Å². The maximum Gasteiger partial charge on any atom is 0.220 e. The van der Waals surface area contributed by atoms with Crippen LogP contribution in [-0.4, -0.2) is 49.1 Å². The Hall–Kier alpha value is -0.610. The molecule has 2 N–H and O–H groups in total. The van der Waals surface area contributed by atoms with Crippen LogP contribution in [0.5, 0.6) is 0 Å². The highest BCUT2D eigenvalue weighted by molar-refractivity contribution is 5.78. The molecule has 0 spiro atoms. The van der Waals surface area contributed by atoms with E-state index in [0.29, 0.717) is 12.1 Å². The molecule has 2 aliphatic heterocycles. The Morgan fingerprint density at radius 3 is 2.65 bits per heavy atom. The van der Waals surface area contributed by atoms with Crippen molar-refractivity contribution in [3.8, 4) is 0 Å². The van der Waals surface area contributed by atoms with Crippen molar-refractivity contribution < 1.29 is 4.79 Å². The lowest BCUT2D eigenvalue weighted by Crippen LogP contribution is -2.48. The molecular formula is C13H25N3O. The van der Waals surface area contributed by atoms with Crippen LogP contribution in [0.1, 0.15) is 39.0 Å². The van der Waals surface area contributed by atoms with Gasteiger partial charge in [-0.3, -0.25) is 9.69 Å². The van der Waals surface area contributed by atoms with Crippen LogP contribution in [0.4, 0.5) is 0 Å². The van der Waals surface area contributed by atoms with Crippen LogP contribution in [0, 0.1) is 0 Å². The average molecular weight is 239 g/mol. The van der Waals surface area contributed by atoms with Crippen LogP contribution in [0.25, 0.3) is 0 Å². The summed E-state index contributed by atoms with van der Waals surface area (Å²) in [7, 11) is 0. The van der Waals surface area contributed by atoms with Gasteiger partial charge in [-0.15, -0.1) is 0 Å². The Morgan fingerprint density at radius 1 is 1.29 bits per heavy atom. The molecule has 4 nitrogen and oxygen atoms in total. The Bertz CT molecular complexity index is 251. The molecule has 17 heavy (non-hydrogen) atoms. The summed E-state index contributed by atoms with van der Waals surface area (Å²) in [6.45, 7) is 6.73. The number of carbonyl (C=O) groups is 1. The van der Waals surface area contributed by atoms with Gasteiger partial charge in [-0.05, 0) is 45.3 Å². The maximum absolute atomic E-state index is 11.2. The van der Waals surface area contributed by atoms with E-state index in [4.69, 9.17) is 0 Å². The summed E-state index contributed by atoms with van der Waals surface area (Å²) in [5, 5.41) is 6.50. The van der Waals surface area contributed by atoms with E-state index in [2.05, 4.69) is 22.5 Å². The second-order valence-corrected chi connectivity index (χ2v) is 5.28. The second-order valence-electron chi connectivity index (χ2n) is 5.28. The van der Waals surface area contributed by atoms with Crippen molar-refractivity contribution >= 4 is 5.91 Å². The summed E-state index contributed by atoms with van der Waals surface area (Å²) in [4.78, 5) is 13.8. The largest absolute Gasteiger partial charge is 0.352 e. The molecule has 0 saturated carbocycles. The van der Waals surface area contributed by atoms with Gasteiger partial charge in [-0.2, -0.15) is 0 Å². The minimum atomic E-state index is 0.233. The number of carbonyl (C=O) groups excluding carboxylic acids is 1. The monoisotopic (exact) mass is 239 g/mol. The molecule has 0 radical (unpaired) electrons. The van der Waals surface area contributed by atoms with Crippen molar-refractivity contribution in [3.63, 3.8) is 0 Å². The Balaban J connectivity index is 1.84. The molecule has 2 heterocycles. The predicted molar refractivity (Wildman–Crippen MR) is 68.9 cm³/mol. The van der Waals surface area contributed by atoms with Gasteiger partial charge in [0.2, 0.25) is 5.91 Å². The molecule has 1 amide bonds. The fourth-order valence-corrected chi connectivity index (χ4v) is 2.98. The third kappa shape index (κ3) is 3.68. The van der Waals surface area contributed by atoms with Crippen LogP contribution in [0.15, 0.2) is 0 Å². The standard InChI is InChI=1S/C13H25N3O/c1-2-9-16(12-5-7-14-8-6-12)10-11-3-4-13(17)15-11/h11-12,14H,2-10H2,1H3,(H,15,17). The smallest absolute Gasteiger partial charge is 0.220 e. The zero-order valence-electron chi connectivity index (χ0n) is 10.9. The van der Waals surface area contributed by atoms with Crippen molar-refractivity contribution in [3.05, 3.63) is 0 Å². The molecular weight excluding hydrogens is 214 g/mol. The summed E-state index contributed by atoms with van der Waals surface area (Å²) in [6.07, 6.45) is 5.44. The lowest BCUT2D eigenvalue weighted by molar-refractivity contribution is -0.119. The lowest BCUT2D eigenvalue weighted by atomic mass is 10.0. The molecule has 98 valence electrons. The molecule has 2 saturated heterocycles. The number of rotatable bonds is 5. The summed E-state index contributed by atoms with van der Waals surface area (Å²) < 4.78 is 0. The van der Waals surface area contributed by atoms with Crippen molar-refractivity contribution in [2.45, 2.75) is 51.1 Å². The molecule has 4 heteroatoms. The molecule has 2 rings (SSSR count). The fourth-order valence-electron chi connectivity index (χ4n) is 2.98. The molecule has 1 atom stereocenters. The van der Waals surface area contributed by atoms with Crippen molar-refractivity contribution in [2.24, 2.45) is 0 Å². The minimum absolute atomic E-state index is 0.233.